The van der Waals surface area contributed by atoms with Crippen molar-refractivity contribution in [2.45, 2.75) is 20.0 Å². The molecule has 0 N–H and O–H groups in total. The Labute approximate surface area is 139 Å². The van der Waals surface area contributed by atoms with Crippen LogP contribution in [0.2, 0.25) is 0 Å². The smallest absolute Gasteiger partial charge is 0.292 e. The second-order valence-corrected chi connectivity index (χ2v) is 7.46. The molecular weight excluding hydrogens is 349 g/mol. The highest BCUT2D eigenvalue weighted by Gasteiger charge is 2.30. The highest BCUT2D eigenvalue weighted by Crippen LogP contribution is 2.30. The highest BCUT2D eigenvalue weighted by atomic mass is 32.2. The van der Waals surface area contributed by atoms with Crippen LogP contribution in [0.15, 0.2) is 35.5 Å². The third-order valence-corrected chi connectivity index (χ3v) is 4.65. The fraction of sp³-hybridized carbons (Fsp3) is 0.286. The van der Waals surface area contributed by atoms with E-state index in [0.717, 1.165) is 22.8 Å². The van der Waals surface area contributed by atoms with Gasteiger partial charge in [-0.3, -0.25) is 4.57 Å². The van der Waals surface area contributed by atoms with Crippen LogP contribution in [-0.4, -0.2) is 14.6 Å². The van der Waals surface area contributed by atoms with Gasteiger partial charge < -0.3 is 0 Å². The molecule has 0 atom stereocenters. The summed E-state index contributed by atoms with van der Waals surface area (Å²) in [5.41, 5.74) is -0.264. The molecule has 0 saturated heterocycles. The number of alkyl halides is 3. The van der Waals surface area contributed by atoms with Gasteiger partial charge in [0.2, 0.25) is 0 Å². The van der Waals surface area contributed by atoms with Crippen molar-refractivity contribution in [3.05, 3.63) is 45.7 Å². The molecule has 1 heterocycles. The second kappa shape index (κ2) is 6.97. The maximum absolute atomic E-state index is 12.8. The van der Waals surface area contributed by atoms with Gasteiger partial charge in [0.15, 0.2) is 9.12 Å². The minimum atomic E-state index is -4.37. The average Bonchev–Trinajstić information content (AvgIpc) is 2.79. The van der Waals surface area contributed by atoms with E-state index in [2.05, 4.69) is 4.99 Å². The Hall–Kier alpha value is -1.12. The van der Waals surface area contributed by atoms with Crippen LogP contribution in [0, 0.1) is 6.92 Å². The van der Waals surface area contributed by atoms with E-state index < -0.39 is 11.7 Å². The van der Waals surface area contributed by atoms with E-state index in [4.69, 9.17) is 12.2 Å². The first-order chi connectivity index (χ1) is 10.3. The Morgan fingerprint density at radius 2 is 2.14 bits per heavy atom. The van der Waals surface area contributed by atoms with Crippen LogP contribution in [0.1, 0.15) is 17.4 Å². The maximum Gasteiger partial charge on any atom is 0.416 e. The van der Waals surface area contributed by atoms with Crippen molar-refractivity contribution in [1.29, 1.82) is 0 Å². The van der Waals surface area contributed by atoms with Crippen molar-refractivity contribution in [2.24, 2.45) is 4.99 Å². The van der Waals surface area contributed by atoms with Gasteiger partial charge in [0.05, 0.1) is 5.56 Å². The van der Waals surface area contributed by atoms with Crippen LogP contribution < -0.4 is 4.80 Å². The molecule has 0 radical (unpaired) electrons. The van der Waals surface area contributed by atoms with Gasteiger partial charge in [-0.05, 0) is 30.9 Å². The number of thiazole rings is 1. The summed E-state index contributed by atoms with van der Waals surface area (Å²) in [5, 5.41) is 0. The zero-order valence-electron chi connectivity index (χ0n) is 11.8. The molecule has 1 aromatic heterocycles. The largest absolute Gasteiger partial charge is 0.416 e. The highest BCUT2D eigenvalue weighted by molar-refractivity contribution is 8.23. The average molecular weight is 362 g/mol. The Balaban J connectivity index is 2.52. The lowest BCUT2D eigenvalue weighted by Gasteiger charge is -2.09. The third-order valence-electron chi connectivity index (χ3n) is 2.68. The van der Waals surface area contributed by atoms with E-state index in [1.54, 1.807) is 16.8 Å². The maximum atomic E-state index is 12.8. The number of thioether (sulfide) groups is 1. The monoisotopic (exact) mass is 362 g/mol. The molecule has 0 saturated carbocycles. The number of aromatic nitrogens is 1. The molecule has 0 spiro atoms. The van der Waals surface area contributed by atoms with Gasteiger partial charge >= 0.3 is 6.18 Å². The minimum absolute atomic E-state index is 0.419. The molecule has 0 unspecified atom stereocenters. The molecule has 0 aliphatic heterocycles. The molecule has 118 valence electrons. The fourth-order valence-electron chi connectivity index (χ4n) is 1.78. The van der Waals surface area contributed by atoms with Gasteiger partial charge in [-0.25, -0.2) is 4.99 Å². The van der Waals surface area contributed by atoms with Crippen molar-refractivity contribution < 1.29 is 13.2 Å². The van der Waals surface area contributed by atoms with Crippen molar-refractivity contribution in [3.8, 4) is 5.69 Å². The zero-order valence-corrected chi connectivity index (χ0v) is 14.3. The summed E-state index contributed by atoms with van der Waals surface area (Å²) < 4.78 is 40.7. The van der Waals surface area contributed by atoms with E-state index in [0.29, 0.717) is 14.8 Å². The van der Waals surface area contributed by atoms with Crippen LogP contribution >= 0.6 is 35.3 Å². The molecule has 22 heavy (non-hydrogen) atoms. The van der Waals surface area contributed by atoms with Crippen molar-refractivity contribution in [2.75, 3.05) is 5.75 Å². The summed E-state index contributed by atoms with van der Waals surface area (Å²) in [7, 11) is 0. The summed E-state index contributed by atoms with van der Waals surface area (Å²) in [5.74, 6) is 0.802. The number of thiocarbonyl (C=S) groups is 1. The lowest BCUT2D eigenvalue weighted by atomic mass is 10.2. The zero-order chi connectivity index (χ0) is 16.3. The third kappa shape index (κ3) is 4.21. The van der Waals surface area contributed by atoms with Crippen molar-refractivity contribution in [3.63, 3.8) is 0 Å². The molecular formula is C14H13F3N2S3. The molecule has 0 aliphatic carbocycles. The van der Waals surface area contributed by atoms with Gasteiger partial charge in [0.1, 0.15) is 0 Å². The first-order valence-corrected chi connectivity index (χ1v) is 8.60. The SMILES string of the molecule is CCSC(=S)N=c1sc(C)cn1-c1cccc(C(F)(F)F)c1. The summed E-state index contributed by atoms with van der Waals surface area (Å²) in [6, 6.07) is 5.18. The normalized spacial score (nSPS) is 12.7. The summed E-state index contributed by atoms with van der Waals surface area (Å²) in [4.78, 5) is 5.85. The predicted octanol–water partition coefficient (Wildman–Crippen LogP) is 4.80. The Morgan fingerprint density at radius 3 is 2.77 bits per heavy atom. The Morgan fingerprint density at radius 1 is 1.41 bits per heavy atom. The standard InChI is InChI=1S/C14H13F3N2S3/c1-3-21-13(20)18-12-19(8-9(2)22-12)11-6-4-5-10(7-11)14(15,16)17/h4-8H,3H2,1-2H3. The van der Waals surface area contributed by atoms with Crippen molar-refractivity contribution in [1.82, 2.24) is 4.57 Å². The molecule has 0 fully saturated rings. The molecule has 0 aliphatic rings. The summed E-state index contributed by atoms with van der Waals surface area (Å²) in [6.07, 6.45) is -2.61. The lowest BCUT2D eigenvalue weighted by Crippen LogP contribution is -2.14. The molecule has 2 nitrogen and oxygen atoms in total. The van der Waals surface area contributed by atoms with Gasteiger partial charge in [0, 0.05) is 16.8 Å². The lowest BCUT2D eigenvalue weighted by molar-refractivity contribution is -0.137. The number of hydrogen-bond acceptors (Lipinski definition) is 3. The van der Waals surface area contributed by atoms with Gasteiger partial charge in [-0.15, -0.1) is 11.3 Å². The molecule has 2 rings (SSSR count). The van der Waals surface area contributed by atoms with E-state index >= 15 is 0 Å². The number of hydrogen-bond donors (Lipinski definition) is 0. The van der Waals surface area contributed by atoms with Gasteiger partial charge in [-0.2, -0.15) is 13.2 Å². The summed E-state index contributed by atoms with van der Waals surface area (Å²) >= 11 is 7.96. The van der Waals surface area contributed by atoms with Crippen LogP contribution in [0.5, 0.6) is 0 Å². The molecule has 0 bridgehead atoms. The van der Waals surface area contributed by atoms with Gasteiger partial charge in [0.25, 0.3) is 0 Å². The first kappa shape index (κ1) is 17.2. The quantitative estimate of drug-likeness (QED) is 0.714. The second-order valence-electron chi connectivity index (χ2n) is 4.35. The number of aryl methyl sites for hydroxylation is 1. The predicted molar refractivity (Wildman–Crippen MR) is 89.7 cm³/mol. The molecule has 1 aromatic carbocycles. The van der Waals surface area contributed by atoms with Crippen LogP contribution in [0.4, 0.5) is 13.2 Å². The number of nitrogens with zero attached hydrogens (tertiary/aromatic N) is 2. The number of rotatable bonds is 2. The van der Waals surface area contributed by atoms with Crippen LogP contribution in [0.25, 0.3) is 5.69 Å². The van der Waals surface area contributed by atoms with E-state index in [-0.39, 0.29) is 0 Å². The number of benzene rings is 1. The van der Waals surface area contributed by atoms with E-state index in [1.165, 1.54) is 29.2 Å². The number of halogens is 3. The summed E-state index contributed by atoms with van der Waals surface area (Å²) in [6.45, 7) is 3.84. The van der Waals surface area contributed by atoms with E-state index in [1.807, 2.05) is 13.8 Å². The molecule has 0 amide bonds. The van der Waals surface area contributed by atoms with Crippen LogP contribution in [-0.2, 0) is 6.18 Å². The van der Waals surface area contributed by atoms with Gasteiger partial charge in [-0.1, -0.05) is 37.0 Å². The Bertz CT molecular complexity index is 744. The van der Waals surface area contributed by atoms with Crippen molar-refractivity contribution >= 4 is 39.6 Å². The fourth-order valence-corrected chi connectivity index (χ4v) is 3.58. The Kier molecular flexibility index (Phi) is 5.46. The topological polar surface area (TPSA) is 17.3 Å². The molecule has 8 heteroatoms. The van der Waals surface area contributed by atoms with Crippen LogP contribution in [0.3, 0.4) is 0 Å². The first-order valence-electron chi connectivity index (χ1n) is 6.39. The van der Waals surface area contributed by atoms with E-state index in [9.17, 15) is 13.2 Å². The molecule has 2 aromatic rings. The minimum Gasteiger partial charge on any atom is -0.292 e.